The molecule has 0 saturated carbocycles. The van der Waals surface area contributed by atoms with Crippen LogP contribution in [0.15, 0.2) is 18.2 Å². The number of nitrogens with one attached hydrogen (secondary N) is 1. The minimum atomic E-state index is 0.431. The molecule has 0 aliphatic rings. The molecular weight excluding hydrogens is 338 g/mol. The summed E-state index contributed by atoms with van der Waals surface area (Å²) in [6.07, 6.45) is 5.00. The van der Waals surface area contributed by atoms with Crippen molar-refractivity contribution < 1.29 is 9.47 Å². The van der Waals surface area contributed by atoms with Gasteiger partial charge < -0.3 is 14.8 Å². The van der Waals surface area contributed by atoms with Crippen LogP contribution in [-0.2, 0) is 12.8 Å². The molecule has 1 heterocycles. The summed E-state index contributed by atoms with van der Waals surface area (Å²) in [5.74, 6) is 2.44. The molecule has 0 bridgehead atoms. The van der Waals surface area contributed by atoms with Crippen molar-refractivity contribution in [3.05, 3.63) is 29.6 Å². The lowest BCUT2D eigenvalue weighted by atomic mass is 10.1. The summed E-state index contributed by atoms with van der Waals surface area (Å²) in [5.41, 5.74) is 3.81. The van der Waals surface area contributed by atoms with Crippen LogP contribution in [0.25, 0.3) is 11.3 Å². The average molecular weight is 372 g/mol. The molecule has 1 aromatic carbocycles. The van der Waals surface area contributed by atoms with Crippen molar-refractivity contribution in [2.24, 2.45) is 0 Å². The molecule has 1 aromatic heterocycles. The van der Waals surface area contributed by atoms with E-state index in [0.29, 0.717) is 6.04 Å². The van der Waals surface area contributed by atoms with E-state index < -0.39 is 0 Å². The molecule has 2 aromatic rings. The highest BCUT2D eigenvalue weighted by molar-refractivity contribution is 5.71. The molecule has 0 radical (unpaired) electrons. The lowest BCUT2D eigenvalue weighted by Crippen LogP contribution is -2.21. The Balaban J connectivity index is 2.52. The number of aromatic nitrogens is 2. The van der Waals surface area contributed by atoms with Gasteiger partial charge in [0.1, 0.15) is 17.3 Å². The molecular formula is C22H33N3O2. The van der Waals surface area contributed by atoms with Gasteiger partial charge in [-0.25, -0.2) is 9.97 Å². The van der Waals surface area contributed by atoms with Gasteiger partial charge in [0.2, 0.25) is 0 Å². The van der Waals surface area contributed by atoms with Crippen molar-refractivity contribution in [1.29, 1.82) is 0 Å². The fourth-order valence-corrected chi connectivity index (χ4v) is 3.24. The molecule has 0 saturated heterocycles. The standard InChI is InChI=1S/C22H33N3O2/c1-7-11-15(8-2)23-22-19(10-4)24-21(18(9-3)25-22)17-13-12-16(26-5)14-20(17)27-6/h12-15H,7-11H2,1-6H3,(H,23,25). The van der Waals surface area contributed by atoms with Gasteiger partial charge in [-0.05, 0) is 37.8 Å². The number of aryl methyl sites for hydroxylation is 2. The molecule has 0 aliphatic heterocycles. The summed E-state index contributed by atoms with van der Waals surface area (Å²) in [6, 6.07) is 6.26. The van der Waals surface area contributed by atoms with Crippen molar-refractivity contribution in [2.45, 2.75) is 65.8 Å². The van der Waals surface area contributed by atoms with Crippen LogP contribution in [0.5, 0.6) is 11.5 Å². The Kier molecular flexibility index (Phi) is 7.89. The molecule has 5 nitrogen and oxygen atoms in total. The van der Waals surface area contributed by atoms with E-state index in [2.05, 4.69) is 33.0 Å². The zero-order chi connectivity index (χ0) is 19.8. The zero-order valence-corrected chi connectivity index (χ0v) is 17.6. The maximum Gasteiger partial charge on any atom is 0.148 e. The second kappa shape index (κ2) is 10.1. The van der Waals surface area contributed by atoms with Crippen molar-refractivity contribution in [3.63, 3.8) is 0 Å². The Morgan fingerprint density at radius 3 is 2.26 bits per heavy atom. The second-order valence-corrected chi connectivity index (χ2v) is 6.63. The van der Waals surface area contributed by atoms with Crippen molar-refractivity contribution in [1.82, 2.24) is 9.97 Å². The Labute approximate surface area is 163 Å². The Bertz CT molecular complexity index is 747. The molecule has 0 amide bonds. The number of hydrogen-bond acceptors (Lipinski definition) is 5. The van der Waals surface area contributed by atoms with Gasteiger partial charge in [0.15, 0.2) is 0 Å². The van der Waals surface area contributed by atoms with E-state index in [4.69, 9.17) is 19.4 Å². The largest absolute Gasteiger partial charge is 0.497 e. The first-order valence-electron chi connectivity index (χ1n) is 10.00. The maximum atomic E-state index is 5.60. The SMILES string of the molecule is CCCC(CC)Nc1nc(CC)c(-c2ccc(OC)cc2OC)nc1CC. The van der Waals surface area contributed by atoms with Gasteiger partial charge in [-0.2, -0.15) is 0 Å². The minimum absolute atomic E-state index is 0.431. The quantitative estimate of drug-likeness (QED) is 0.616. The lowest BCUT2D eigenvalue weighted by molar-refractivity contribution is 0.395. The summed E-state index contributed by atoms with van der Waals surface area (Å²) in [5, 5.41) is 3.62. The highest BCUT2D eigenvalue weighted by Gasteiger charge is 2.18. The van der Waals surface area contributed by atoms with E-state index >= 15 is 0 Å². The van der Waals surface area contributed by atoms with Crippen LogP contribution >= 0.6 is 0 Å². The summed E-state index contributed by atoms with van der Waals surface area (Å²) in [6.45, 7) is 8.66. The number of methoxy groups -OCH3 is 2. The molecule has 148 valence electrons. The molecule has 1 unspecified atom stereocenters. The van der Waals surface area contributed by atoms with Gasteiger partial charge in [-0.15, -0.1) is 0 Å². The van der Waals surface area contributed by atoms with E-state index in [1.54, 1.807) is 14.2 Å². The maximum absolute atomic E-state index is 5.60. The molecule has 5 heteroatoms. The molecule has 0 fully saturated rings. The van der Waals surface area contributed by atoms with Gasteiger partial charge in [-0.3, -0.25) is 0 Å². The fourth-order valence-electron chi connectivity index (χ4n) is 3.24. The molecule has 2 rings (SSSR count). The normalized spacial score (nSPS) is 11.9. The third-order valence-electron chi connectivity index (χ3n) is 4.84. The van der Waals surface area contributed by atoms with E-state index in [0.717, 1.165) is 72.1 Å². The number of nitrogens with zero attached hydrogens (tertiary/aromatic N) is 2. The molecule has 0 aliphatic carbocycles. The van der Waals surface area contributed by atoms with E-state index in [9.17, 15) is 0 Å². The third kappa shape index (κ3) is 4.90. The Morgan fingerprint density at radius 1 is 0.963 bits per heavy atom. The van der Waals surface area contributed by atoms with Gasteiger partial charge in [0, 0.05) is 17.7 Å². The molecule has 0 spiro atoms. The summed E-state index contributed by atoms with van der Waals surface area (Å²) >= 11 is 0. The Hall–Kier alpha value is -2.30. The minimum Gasteiger partial charge on any atom is -0.497 e. The van der Waals surface area contributed by atoms with Crippen LogP contribution in [-0.4, -0.2) is 30.2 Å². The molecule has 1 N–H and O–H groups in total. The topological polar surface area (TPSA) is 56.3 Å². The van der Waals surface area contributed by atoms with Crippen molar-refractivity contribution >= 4 is 5.82 Å². The van der Waals surface area contributed by atoms with Crippen molar-refractivity contribution in [3.8, 4) is 22.8 Å². The summed E-state index contributed by atoms with van der Waals surface area (Å²) < 4.78 is 10.9. The highest BCUT2D eigenvalue weighted by atomic mass is 16.5. The van der Waals surface area contributed by atoms with Gasteiger partial charge in [-0.1, -0.05) is 34.1 Å². The van der Waals surface area contributed by atoms with Gasteiger partial charge in [0.25, 0.3) is 0 Å². The van der Waals surface area contributed by atoms with Crippen LogP contribution in [0.3, 0.4) is 0 Å². The molecule has 27 heavy (non-hydrogen) atoms. The van der Waals surface area contributed by atoms with Crippen LogP contribution < -0.4 is 14.8 Å². The fraction of sp³-hybridized carbons (Fsp3) is 0.545. The monoisotopic (exact) mass is 371 g/mol. The van der Waals surface area contributed by atoms with Gasteiger partial charge in [0.05, 0.1) is 31.3 Å². The predicted octanol–water partition coefficient (Wildman–Crippen LogP) is 5.28. The first-order chi connectivity index (χ1) is 13.1. The van der Waals surface area contributed by atoms with Crippen LogP contribution in [0.1, 0.15) is 58.3 Å². The predicted molar refractivity (Wildman–Crippen MR) is 112 cm³/mol. The van der Waals surface area contributed by atoms with Gasteiger partial charge >= 0.3 is 0 Å². The Morgan fingerprint density at radius 2 is 1.70 bits per heavy atom. The number of rotatable bonds is 10. The van der Waals surface area contributed by atoms with Crippen LogP contribution in [0.4, 0.5) is 5.82 Å². The van der Waals surface area contributed by atoms with Crippen LogP contribution in [0, 0.1) is 0 Å². The lowest BCUT2D eigenvalue weighted by Gasteiger charge is -2.21. The third-order valence-corrected chi connectivity index (χ3v) is 4.84. The van der Waals surface area contributed by atoms with E-state index in [1.165, 1.54) is 0 Å². The van der Waals surface area contributed by atoms with E-state index in [1.807, 2.05) is 18.2 Å². The first kappa shape index (κ1) is 21.0. The number of ether oxygens (including phenoxy) is 2. The zero-order valence-electron chi connectivity index (χ0n) is 17.6. The summed E-state index contributed by atoms with van der Waals surface area (Å²) in [4.78, 5) is 9.96. The highest BCUT2D eigenvalue weighted by Crippen LogP contribution is 2.35. The van der Waals surface area contributed by atoms with Crippen LogP contribution in [0.2, 0.25) is 0 Å². The molecule has 1 atom stereocenters. The first-order valence-corrected chi connectivity index (χ1v) is 10.00. The average Bonchev–Trinajstić information content (AvgIpc) is 2.72. The summed E-state index contributed by atoms with van der Waals surface area (Å²) in [7, 11) is 3.33. The van der Waals surface area contributed by atoms with Crippen molar-refractivity contribution in [2.75, 3.05) is 19.5 Å². The smallest absolute Gasteiger partial charge is 0.148 e. The second-order valence-electron chi connectivity index (χ2n) is 6.63. The van der Waals surface area contributed by atoms with E-state index in [-0.39, 0.29) is 0 Å². The number of hydrogen-bond donors (Lipinski definition) is 1. The number of benzene rings is 1. The number of anilines is 1.